The molecule has 0 N–H and O–H groups in total. The van der Waals surface area contributed by atoms with Crippen LogP contribution in [-0.2, 0) is 9.53 Å². The number of ether oxygens (including phenoxy) is 3. The summed E-state index contributed by atoms with van der Waals surface area (Å²) in [6, 6.07) is 3.67. The average Bonchev–Trinajstić information content (AvgIpc) is 2.36. The van der Waals surface area contributed by atoms with Crippen molar-refractivity contribution in [3.05, 3.63) is 23.3 Å². The molecule has 17 heavy (non-hydrogen) atoms. The van der Waals surface area contributed by atoms with Gasteiger partial charge in [0.15, 0.2) is 0 Å². The molecule has 0 radical (unpaired) electrons. The van der Waals surface area contributed by atoms with Crippen LogP contribution in [0.15, 0.2) is 12.1 Å². The molecule has 0 saturated heterocycles. The van der Waals surface area contributed by atoms with Crippen molar-refractivity contribution in [1.82, 2.24) is 0 Å². The lowest BCUT2D eigenvalue weighted by Gasteiger charge is -2.16. The van der Waals surface area contributed by atoms with Crippen LogP contribution >= 0.6 is 0 Å². The topological polar surface area (TPSA) is 44.8 Å². The Morgan fingerprint density at radius 1 is 1.12 bits per heavy atom. The Hall–Kier alpha value is -1.71. The van der Waals surface area contributed by atoms with Gasteiger partial charge in [0.1, 0.15) is 11.5 Å². The van der Waals surface area contributed by atoms with Crippen LogP contribution in [0, 0.1) is 6.92 Å². The Morgan fingerprint density at radius 3 is 2.18 bits per heavy atom. The third-order valence-electron chi connectivity index (χ3n) is 2.77. The maximum Gasteiger partial charge on any atom is 0.312 e. The zero-order chi connectivity index (χ0) is 13.0. The highest BCUT2D eigenvalue weighted by Gasteiger charge is 2.21. The Labute approximate surface area is 101 Å². The Morgan fingerprint density at radius 2 is 1.71 bits per heavy atom. The highest BCUT2D eigenvalue weighted by molar-refractivity contribution is 5.79. The zero-order valence-electron chi connectivity index (χ0n) is 10.9. The molecule has 0 amide bonds. The van der Waals surface area contributed by atoms with E-state index in [4.69, 9.17) is 14.2 Å². The summed E-state index contributed by atoms with van der Waals surface area (Å²) in [7, 11) is 4.55. The summed E-state index contributed by atoms with van der Waals surface area (Å²) in [5, 5.41) is 0. The molecule has 0 aromatic heterocycles. The van der Waals surface area contributed by atoms with Crippen molar-refractivity contribution >= 4 is 5.97 Å². The number of methoxy groups -OCH3 is 3. The Balaban J connectivity index is 3.25. The van der Waals surface area contributed by atoms with Gasteiger partial charge in [-0.15, -0.1) is 0 Å². The number of hydrogen-bond acceptors (Lipinski definition) is 4. The third-order valence-corrected chi connectivity index (χ3v) is 2.77. The number of hydrogen-bond donors (Lipinski definition) is 0. The molecule has 4 heteroatoms. The molecular weight excluding hydrogens is 220 g/mol. The molecule has 4 nitrogen and oxygen atoms in total. The summed E-state index contributed by atoms with van der Waals surface area (Å²) in [4.78, 5) is 11.5. The quantitative estimate of drug-likeness (QED) is 0.755. The molecule has 0 heterocycles. The lowest BCUT2D eigenvalue weighted by molar-refractivity contribution is -0.142. The van der Waals surface area contributed by atoms with Crippen molar-refractivity contribution in [3.63, 3.8) is 0 Å². The molecule has 0 aliphatic carbocycles. The Bertz CT molecular complexity index is 412. The fourth-order valence-electron chi connectivity index (χ4n) is 1.72. The zero-order valence-corrected chi connectivity index (χ0v) is 10.9. The number of esters is 1. The molecule has 1 unspecified atom stereocenters. The van der Waals surface area contributed by atoms with Crippen LogP contribution in [0.5, 0.6) is 11.5 Å². The van der Waals surface area contributed by atoms with Gasteiger partial charge in [-0.3, -0.25) is 4.79 Å². The summed E-state index contributed by atoms with van der Waals surface area (Å²) in [5.41, 5.74) is 1.73. The van der Waals surface area contributed by atoms with Gasteiger partial charge in [-0.2, -0.15) is 0 Å². The molecule has 0 bridgehead atoms. The van der Waals surface area contributed by atoms with E-state index in [1.165, 1.54) is 7.11 Å². The molecule has 0 spiro atoms. The van der Waals surface area contributed by atoms with E-state index in [-0.39, 0.29) is 11.9 Å². The maximum atomic E-state index is 11.5. The standard InChI is InChI=1S/C13H18O4/c1-8-6-12(16-4)10(7-11(8)15-3)9(2)13(14)17-5/h6-7,9H,1-5H3. The third kappa shape index (κ3) is 2.70. The van der Waals surface area contributed by atoms with Gasteiger partial charge in [0.2, 0.25) is 0 Å². The second kappa shape index (κ2) is 5.57. The molecule has 1 rings (SSSR count). The van der Waals surface area contributed by atoms with Crippen LogP contribution < -0.4 is 9.47 Å². The summed E-state index contributed by atoms with van der Waals surface area (Å²) < 4.78 is 15.3. The fraction of sp³-hybridized carbons (Fsp3) is 0.462. The van der Waals surface area contributed by atoms with Gasteiger partial charge in [-0.25, -0.2) is 0 Å². The lowest BCUT2D eigenvalue weighted by atomic mass is 9.98. The van der Waals surface area contributed by atoms with Crippen LogP contribution in [0.3, 0.4) is 0 Å². The predicted molar refractivity (Wildman–Crippen MR) is 64.7 cm³/mol. The van der Waals surface area contributed by atoms with Crippen molar-refractivity contribution < 1.29 is 19.0 Å². The number of carbonyl (C=O) groups is 1. The van der Waals surface area contributed by atoms with E-state index in [2.05, 4.69) is 0 Å². The second-order valence-electron chi connectivity index (χ2n) is 3.81. The molecule has 94 valence electrons. The minimum Gasteiger partial charge on any atom is -0.496 e. The first kappa shape index (κ1) is 13.4. The van der Waals surface area contributed by atoms with Crippen molar-refractivity contribution in [2.45, 2.75) is 19.8 Å². The number of aryl methyl sites for hydroxylation is 1. The van der Waals surface area contributed by atoms with E-state index < -0.39 is 0 Å². The number of rotatable bonds is 4. The van der Waals surface area contributed by atoms with E-state index in [1.807, 2.05) is 19.1 Å². The van der Waals surface area contributed by atoms with Crippen LogP contribution in [0.25, 0.3) is 0 Å². The Kier molecular flexibility index (Phi) is 4.37. The lowest BCUT2D eigenvalue weighted by Crippen LogP contribution is -2.12. The molecule has 1 aromatic carbocycles. The molecule has 0 aliphatic rings. The van der Waals surface area contributed by atoms with Gasteiger partial charge < -0.3 is 14.2 Å². The molecular formula is C13H18O4. The smallest absolute Gasteiger partial charge is 0.312 e. The van der Waals surface area contributed by atoms with Crippen LogP contribution in [0.2, 0.25) is 0 Å². The summed E-state index contributed by atoms with van der Waals surface area (Å²) in [6.45, 7) is 3.70. The van der Waals surface area contributed by atoms with Gasteiger partial charge in [-0.1, -0.05) is 0 Å². The first-order chi connectivity index (χ1) is 8.04. The van der Waals surface area contributed by atoms with Crippen LogP contribution in [0.1, 0.15) is 24.0 Å². The SMILES string of the molecule is COC(=O)C(C)c1cc(OC)c(C)cc1OC. The molecule has 1 aromatic rings. The van der Waals surface area contributed by atoms with E-state index in [1.54, 1.807) is 21.1 Å². The highest BCUT2D eigenvalue weighted by Crippen LogP contribution is 2.33. The van der Waals surface area contributed by atoms with Gasteiger partial charge in [0.25, 0.3) is 0 Å². The fourth-order valence-corrected chi connectivity index (χ4v) is 1.72. The van der Waals surface area contributed by atoms with E-state index in [9.17, 15) is 4.79 Å². The summed E-state index contributed by atoms with van der Waals surface area (Å²) >= 11 is 0. The largest absolute Gasteiger partial charge is 0.496 e. The van der Waals surface area contributed by atoms with Gasteiger partial charge in [-0.05, 0) is 31.5 Å². The molecule has 0 aliphatic heterocycles. The summed E-state index contributed by atoms with van der Waals surface area (Å²) in [6.07, 6.45) is 0. The minimum atomic E-state index is -0.385. The first-order valence-electron chi connectivity index (χ1n) is 5.35. The minimum absolute atomic E-state index is 0.297. The second-order valence-corrected chi connectivity index (χ2v) is 3.81. The van der Waals surface area contributed by atoms with Crippen LogP contribution in [-0.4, -0.2) is 27.3 Å². The average molecular weight is 238 g/mol. The van der Waals surface area contributed by atoms with Gasteiger partial charge in [0, 0.05) is 5.56 Å². The highest BCUT2D eigenvalue weighted by atomic mass is 16.5. The number of benzene rings is 1. The van der Waals surface area contributed by atoms with E-state index >= 15 is 0 Å². The maximum absolute atomic E-state index is 11.5. The molecule has 0 fully saturated rings. The molecule has 1 atom stereocenters. The van der Waals surface area contributed by atoms with E-state index in [0.29, 0.717) is 5.75 Å². The normalized spacial score (nSPS) is 11.8. The van der Waals surface area contributed by atoms with E-state index in [0.717, 1.165) is 16.9 Å². The molecule has 0 saturated carbocycles. The van der Waals surface area contributed by atoms with Crippen molar-refractivity contribution in [3.8, 4) is 11.5 Å². The van der Waals surface area contributed by atoms with Crippen molar-refractivity contribution in [1.29, 1.82) is 0 Å². The van der Waals surface area contributed by atoms with Gasteiger partial charge >= 0.3 is 5.97 Å². The van der Waals surface area contributed by atoms with Crippen molar-refractivity contribution in [2.24, 2.45) is 0 Å². The summed E-state index contributed by atoms with van der Waals surface area (Å²) in [5.74, 6) is 0.719. The first-order valence-corrected chi connectivity index (χ1v) is 5.35. The van der Waals surface area contributed by atoms with Gasteiger partial charge in [0.05, 0.1) is 27.2 Å². The number of carbonyl (C=O) groups excluding carboxylic acids is 1. The predicted octanol–water partition coefficient (Wildman–Crippen LogP) is 2.29. The van der Waals surface area contributed by atoms with Crippen LogP contribution in [0.4, 0.5) is 0 Å². The monoisotopic (exact) mass is 238 g/mol. The van der Waals surface area contributed by atoms with Crippen molar-refractivity contribution in [2.75, 3.05) is 21.3 Å².